The molecule has 2 heterocycles. The van der Waals surface area contributed by atoms with E-state index in [4.69, 9.17) is 21.1 Å². The third-order valence-electron chi connectivity index (χ3n) is 3.22. The fourth-order valence-corrected chi connectivity index (χ4v) is 2.36. The van der Waals surface area contributed by atoms with Gasteiger partial charge in [-0.15, -0.1) is 0 Å². The van der Waals surface area contributed by atoms with Crippen LogP contribution < -0.4 is 4.74 Å². The first-order chi connectivity index (χ1) is 10.3. The zero-order valence-corrected chi connectivity index (χ0v) is 14.0. The quantitative estimate of drug-likeness (QED) is 0.853. The zero-order valence-electron chi connectivity index (χ0n) is 13.2. The number of nitrogens with zero attached hydrogens (tertiary/aromatic N) is 3. The summed E-state index contributed by atoms with van der Waals surface area (Å²) in [5, 5.41) is 0.473. The largest absolute Gasteiger partial charge is 0.463 e. The molecule has 1 aromatic rings. The zero-order chi connectivity index (χ0) is 16.2. The molecule has 0 bridgehead atoms. The van der Waals surface area contributed by atoms with Crippen molar-refractivity contribution >= 4 is 17.7 Å². The number of carbonyl (C=O) groups is 1. The molecule has 0 unspecified atom stereocenters. The first-order valence-electron chi connectivity index (χ1n) is 7.42. The van der Waals surface area contributed by atoms with E-state index in [1.807, 2.05) is 20.8 Å². The molecule has 0 aliphatic carbocycles. The Morgan fingerprint density at radius 2 is 2.09 bits per heavy atom. The summed E-state index contributed by atoms with van der Waals surface area (Å²) in [4.78, 5) is 21.8. The lowest BCUT2D eigenvalue weighted by Crippen LogP contribution is -2.44. The Bertz CT molecular complexity index is 502. The molecule has 1 aliphatic rings. The van der Waals surface area contributed by atoms with Gasteiger partial charge in [-0.25, -0.2) is 14.8 Å². The lowest BCUT2D eigenvalue weighted by molar-refractivity contribution is 0.0137. The van der Waals surface area contributed by atoms with Gasteiger partial charge in [-0.05, 0) is 33.6 Å². The van der Waals surface area contributed by atoms with Crippen molar-refractivity contribution in [3.05, 3.63) is 17.4 Å². The summed E-state index contributed by atoms with van der Waals surface area (Å²) in [5.74, 6) is 0.251. The van der Waals surface area contributed by atoms with E-state index in [9.17, 15) is 4.79 Å². The van der Waals surface area contributed by atoms with E-state index in [0.717, 1.165) is 19.4 Å². The average molecular weight is 328 g/mol. The predicted molar refractivity (Wildman–Crippen MR) is 83.1 cm³/mol. The molecule has 1 aromatic heterocycles. The number of likely N-dealkylation sites (tertiary alicyclic amines) is 1. The fraction of sp³-hybridized carbons (Fsp3) is 0.667. The van der Waals surface area contributed by atoms with Gasteiger partial charge in [0.25, 0.3) is 0 Å². The lowest BCUT2D eigenvalue weighted by Gasteiger charge is -2.33. The van der Waals surface area contributed by atoms with Crippen LogP contribution in [0.1, 0.15) is 33.6 Å². The average Bonchev–Trinajstić information content (AvgIpc) is 2.45. The summed E-state index contributed by atoms with van der Waals surface area (Å²) in [5.41, 5.74) is -0.475. The molecule has 0 radical (unpaired) electrons. The molecule has 1 fully saturated rings. The van der Waals surface area contributed by atoms with E-state index in [2.05, 4.69) is 9.97 Å². The molecule has 1 saturated heterocycles. The van der Waals surface area contributed by atoms with Gasteiger partial charge in [-0.1, -0.05) is 11.6 Å². The second-order valence-corrected chi connectivity index (χ2v) is 6.87. The second kappa shape index (κ2) is 7.13. The van der Waals surface area contributed by atoms with E-state index in [-0.39, 0.29) is 12.0 Å². The Hall–Kier alpha value is -1.56. The minimum absolute atomic E-state index is 0.251. The molecule has 0 aromatic carbocycles. The second-order valence-electron chi connectivity index (χ2n) is 6.43. The van der Waals surface area contributed by atoms with Crippen LogP contribution in [0.3, 0.4) is 0 Å². The van der Waals surface area contributed by atoms with Crippen molar-refractivity contribution in [2.45, 2.75) is 39.2 Å². The highest BCUT2D eigenvalue weighted by atomic mass is 35.5. The maximum atomic E-state index is 12.1. The highest BCUT2D eigenvalue weighted by Gasteiger charge is 2.28. The number of hydrogen-bond acceptors (Lipinski definition) is 5. The summed E-state index contributed by atoms with van der Waals surface area (Å²) >= 11 is 5.73. The number of amides is 1. The van der Waals surface area contributed by atoms with E-state index in [1.54, 1.807) is 4.90 Å². The number of rotatable bonds is 3. The molecule has 0 saturated carbocycles. The van der Waals surface area contributed by atoms with E-state index < -0.39 is 5.60 Å². The van der Waals surface area contributed by atoms with Crippen LogP contribution in [-0.4, -0.2) is 46.3 Å². The summed E-state index contributed by atoms with van der Waals surface area (Å²) in [6, 6.07) is 0.304. The van der Waals surface area contributed by atoms with Gasteiger partial charge < -0.3 is 14.4 Å². The van der Waals surface area contributed by atoms with Crippen molar-refractivity contribution in [3.63, 3.8) is 0 Å². The lowest BCUT2D eigenvalue weighted by atomic mass is 9.99. The van der Waals surface area contributed by atoms with Crippen molar-refractivity contribution < 1.29 is 14.3 Å². The molecular weight excluding hydrogens is 306 g/mol. The summed E-state index contributed by atoms with van der Waals surface area (Å²) in [7, 11) is 0. The first kappa shape index (κ1) is 16.8. The minimum atomic E-state index is -0.475. The SMILES string of the molecule is CC(C)(C)OC(=O)N1CCC[C@H](COc2ncc(Cl)cn2)C1. The van der Waals surface area contributed by atoms with E-state index in [0.29, 0.717) is 24.2 Å². The Morgan fingerprint density at radius 3 is 2.73 bits per heavy atom. The predicted octanol–water partition coefficient (Wildman–Crippen LogP) is 3.16. The highest BCUT2D eigenvalue weighted by Crippen LogP contribution is 2.20. The van der Waals surface area contributed by atoms with Crippen LogP contribution in [0.5, 0.6) is 6.01 Å². The van der Waals surface area contributed by atoms with Crippen LogP contribution in [0.2, 0.25) is 5.02 Å². The molecule has 2 rings (SSSR count). The monoisotopic (exact) mass is 327 g/mol. The van der Waals surface area contributed by atoms with Gasteiger partial charge in [0.1, 0.15) is 5.60 Å². The smallest absolute Gasteiger partial charge is 0.410 e. The van der Waals surface area contributed by atoms with Crippen LogP contribution >= 0.6 is 11.6 Å². The third kappa shape index (κ3) is 5.33. The summed E-state index contributed by atoms with van der Waals surface area (Å²) < 4.78 is 11.0. The van der Waals surface area contributed by atoms with Gasteiger partial charge in [-0.2, -0.15) is 0 Å². The Balaban J connectivity index is 1.82. The van der Waals surface area contributed by atoms with Gasteiger partial charge in [0, 0.05) is 19.0 Å². The summed E-state index contributed by atoms with van der Waals surface area (Å²) in [6.45, 7) is 7.43. The molecule has 7 heteroatoms. The number of halogens is 1. The van der Waals surface area contributed by atoms with E-state index in [1.165, 1.54) is 12.4 Å². The first-order valence-corrected chi connectivity index (χ1v) is 7.79. The number of carbonyl (C=O) groups excluding carboxylic acids is 1. The topological polar surface area (TPSA) is 64.5 Å². The number of aromatic nitrogens is 2. The molecule has 0 spiro atoms. The van der Waals surface area contributed by atoms with Crippen LogP contribution in [0.4, 0.5) is 4.79 Å². The number of hydrogen-bond donors (Lipinski definition) is 0. The molecule has 22 heavy (non-hydrogen) atoms. The van der Waals surface area contributed by atoms with Gasteiger partial charge >= 0.3 is 12.1 Å². The minimum Gasteiger partial charge on any atom is -0.463 e. The van der Waals surface area contributed by atoms with Crippen molar-refractivity contribution in [1.29, 1.82) is 0 Å². The van der Waals surface area contributed by atoms with Crippen molar-refractivity contribution in [3.8, 4) is 6.01 Å². The van der Waals surface area contributed by atoms with Gasteiger partial charge in [0.2, 0.25) is 0 Å². The molecule has 6 nitrogen and oxygen atoms in total. The molecular formula is C15H22ClN3O3. The van der Waals surface area contributed by atoms with Crippen molar-refractivity contribution in [1.82, 2.24) is 14.9 Å². The fourth-order valence-electron chi connectivity index (χ4n) is 2.26. The summed E-state index contributed by atoms with van der Waals surface area (Å²) in [6.07, 6.45) is 4.68. The maximum absolute atomic E-state index is 12.1. The molecule has 122 valence electrons. The van der Waals surface area contributed by atoms with Crippen LogP contribution in [-0.2, 0) is 4.74 Å². The Labute approximate surface area is 135 Å². The standard InChI is InChI=1S/C15H22ClN3O3/c1-15(2,3)22-14(20)19-6-4-5-11(9-19)10-21-13-17-7-12(16)8-18-13/h7-8,11H,4-6,9-10H2,1-3H3/t11-/m0/s1. The van der Waals surface area contributed by atoms with Gasteiger partial charge in [-0.3, -0.25) is 0 Å². The van der Waals surface area contributed by atoms with Crippen molar-refractivity contribution in [2.75, 3.05) is 19.7 Å². The Kier molecular flexibility index (Phi) is 5.45. The molecule has 1 amide bonds. The van der Waals surface area contributed by atoms with E-state index >= 15 is 0 Å². The molecule has 0 N–H and O–H groups in total. The van der Waals surface area contributed by atoms with Crippen LogP contribution in [0, 0.1) is 5.92 Å². The highest BCUT2D eigenvalue weighted by molar-refractivity contribution is 6.30. The van der Waals surface area contributed by atoms with Crippen molar-refractivity contribution in [2.24, 2.45) is 5.92 Å². The maximum Gasteiger partial charge on any atom is 0.410 e. The normalized spacial score (nSPS) is 18.9. The van der Waals surface area contributed by atoms with Gasteiger partial charge in [0.15, 0.2) is 0 Å². The molecule has 1 atom stereocenters. The number of piperidine rings is 1. The Morgan fingerprint density at radius 1 is 1.41 bits per heavy atom. The molecule has 1 aliphatic heterocycles. The van der Waals surface area contributed by atoms with Gasteiger partial charge in [0.05, 0.1) is 24.0 Å². The number of ether oxygens (including phenoxy) is 2. The van der Waals surface area contributed by atoms with Crippen LogP contribution in [0.25, 0.3) is 0 Å². The van der Waals surface area contributed by atoms with Crippen LogP contribution in [0.15, 0.2) is 12.4 Å². The third-order valence-corrected chi connectivity index (χ3v) is 3.41.